The fourth-order valence-electron chi connectivity index (χ4n) is 3.53. The van der Waals surface area contributed by atoms with E-state index in [-0.39, 0.29) is 13.2 Å². The standard InChI is InChI=1S/C27H24O4S/c1-3-26(28)31-21(17-29-2)18-30-27-24-12-8-7-9-19(24)15-20-13-14-23(16-25(20)27)32-22-10-5-4-6-11-22/h3-16,21H,1,17-18H2,2H3. The van der Waals surface area contributed by atoms with E-state index in [2.05, 4.69) is 49.0 Å². The van der Waals surface area contributed by atoms with Gasteiger partial charge < -0.3 is 14.2 Å². The summed E-state index contributed by atoms with van der Waals surface area (Å²) in [5.74, 6) is 0.268. The Kier molecular flexibility index (Phi) is 7.10. The van der Waals surface area contributed by atoms with Crippen LogP contribution >= 0.6 is 11.8 Å². The maximum absolute atomic E-state index is 11.7. The Morgan fingerprint density at radius 2 is 1.66 bits per heavy atom. The van der Waals surface area contributed by atoms with Crippen molar-refractivity contribution in [3.8, 4) is 5.75 Å². The molecule has 4 rings (SSSR count). The van der Waals surface area contributed by atoms with Crippen molar-refractivity contribution in [1.82, 2.24) is 0 Å². The molecular formula is C27H24O4S. The first-order valence-electron chi connectivity index (χ1n) is 10.3. The van der Waals surface area contributed by atoms with E-state index in [9.17, 15) is 4.79 Å². The van der Waals surface area contributed by atoms with Gasteiger partial charge in [0.15, 0.2) is 6.10 Å². The molecule has 1 unspecified atom stereocenters. The number of ether oxygens (including phenoxy) is 3. The van der Waals surface area contributed by atoms with Gasteiger partial charge in [-0.05, 0) is 41.1 Å². The van der Waals surface area contributed by atoms with Crippen molar-refractivity contribution in [2.75, 3.05) is 20.3 Å². The predicted molar refractivity (Wildman–Crippen MR) is 129 cm³/mol. The number of benzene rings is 4. The summed E-state index contributed by atoms with van der Waals surface area (Å²) >= 11 is 1.70. The summed E-state index contributed by atoms with van der Waals surface area (Å²) in [7, 11) is 1.56. The van der Waals surface area contributed by atoms with E-state index in [0.29, 0.717) is 0 Å². The van der Waals surface area contributed by atoms with Crippen LogP contribution in [0.4, 0.5) is 0 Å². The minimum absolute atomic E-state index is 0.173. The first-order chi connectivity index (χ1) is 15.7. The Labute approximate surface area is 191 Å². The molecule has 0 bridgehead atoms. The molecule has 0 aromatic heterocycles. The molecule has 5 heteroatoms. The SMILES string of the molecule is C=CC(=O)OC(COC)COc1c2ccccc2cc2ccc(Sc3ccccc3)cc12. The lowest BCUT2D eigenvalue weighted by molar-refractivity contribution is -0.147. The van der Waals surface area contributed by atoms with Crippen molar-refractivity contribution < 1.29 is 19.0 Å². The number of carbonyl (C=O) groups excluding carboxylic acids is 1. The molecule has 0 spiro atoms. The molecular weight excluding hydrogens is 420 g/mol. The summed E-state index contributed by atoms with van der Waals surface area (Å²) < 4.78 is 16.9. The highest BCUT2D eigenvalue weighted by molar-refractivity contribution is 7.99. The van der Waals surface area contributed by atoms with Crippen LogP contribution in [0.25, 0.3) is 21.5 Å². The zero-order valence-corrected chi connectivity index (χ0v) is 18.6. The van der Waals surface area contributed by atoms with Crippen LogP contribution in [0.15, 0.2) is 101 Å². The molecule has 32 heavy (non-hydrogen) atoms. The Bertz CT molecular complexity index is 1240. The maximum Gasteiger partial charge on any atom is 0.330 e. The van der Waals surface area contributed by atoms with Crippen molar-refractivity contribution in [2.24, 2.45) is 0 Å². The fraction of sp³-hybridized carbons (Fsp3) is 0.148. The largest absolute Gasteiger partial charge is 0.488 e. The van der Waals surface area contributed by atoms with Crippen LogP contribution in [0.5, 0.6) is 5.75 Å². The second kappa shape index (κ2) is 10.4. The highest BCUT2D eigenvalue weighted by Gasteiger charge is 2.17. The van der Waals surface area contributed by atoms with E-state index in [1.807, 2.05) is 36.4 Å². The van der Waals surface area contributed by atoms with Crippen molar-refractivity contribution in [3.63, 3.8) is 0 Å². The van der Waals surface area contributed by atoms with Gasteiger partial charge >= 0.3 is 5.97 Å². The zero-order valence-electron chi connectivity index (χ0n) is 17.8. The lowest BCUT2D eigenvalue weighted by atomic mass is 10.0. The quantitative estimate of drug-likeness (QED) is 0.173. The number of rotatable bonds is 9. The normalized spacial score (nSPS) is 11.9. The average molecular weight is 445 g/mol. The van der Waals surface area contributed by atoms with Crippen LogP contribution in [0.2, 0.25) is 0 Å². The lowest BCUT2D eigenvalue weighted by Crippen LogP contribution is -2.28. The summed E-state index contributed by atoms with van der Waals surface area (Å²) in [6.45, 7) is 3.87. The molecule has 0 aliphatic carbocycles. The third-order valence-corrected chi connectivity index (χ3v) is 5.98. The number of fused-ring (bicyclic) bond motifs is 2. The van der Waals surface area contributed by atoms with E-state index in [1.54, 1.807) is 18.9 Å². The van der Waals surface area contributed by atoms with Gasteiger partial charge in [0.05, 0.1) is 6.61 Å². The first kappa shape index (κ1) is 21.9. The van der Waals surface area contributed by atoms with Crippen LogP contribution < -0.4 is 4.74 Å². The molecule has 0 N–H and O–H groups in total. The third kappa shape index (κ3) is 5.13. The molecule has 1 atom stereocenters. The topological polar surface area (TPSA) is 44.8 Å². The summed E-state index contributed by atoms with van der Waals surface area (Å²) in [4.78, 5) is 14.0. The summed E-state index contributed by atoms with van der Waals surface area (Å²) in [5.41, 5.74) is 0. The summed E-state index contributed by atoms with van der Waals surface area (Å²) in [6.07, 6.45) is 0.602. The van der Waals surface area contributed by atoms with Crippen LogP contribution in [0.3, 0.4) is 0 Å². The van der Waals surface area contributed by atoms with Crippen LogP contribution in [-0.4, -0.2) is 32.4 Å². The van der Waals surface area contributed by atoms with E-state index in [1.165, 1.54) is 4.90 Å². The molecule has 162 valence electrons. The molecule has 4 nitrogen and oxygen atoms in total. The van der Waals surface area contributed by atoms with Crippen molar-refractivity contribution in [3.05, 3.63) is 91.5 Å². The highest BCUT2D eigenvalue weighted by atomic mass is 32.2. The number of hydrogen-bond donors (Lipinski definition) is 0. The van der Waals surface area contributed by atoms with E-state index in [4.69, 9.17) is 14.2 Å². The molecule has 0 aliphatic rings. The molecule has 4 aromatic carbocycles. The Morgan fingerprint density at radius 3 is 2.44 bits per heavy atom. The van der Waals surface area contributed by atoms with Gasteiger partial charge in [-0.3, -0.25) is 0 Å². The van der Waals surface area contributed by atoms with E-state index < -0.39 is 12.1 Å². The van der Waals surface area contributed by atoms with Crippen molar-refractivity contribution >= 4 is 39.3 Å². The first-order valence-corrected chi connectivity index (χ1v) is 11.1. The smallest absolute Gasteiger partial charge is 0.330 e. The fourth-order valence-corrected chi connectivity index (χ4v) is 4.41. The molecule has 0 fully saturated rings. The van der Waals surface area contributed by atoms with Gasteiger partial charge in [0.1, 0.15) is 12.4 Å². The van der Waals surface area contributed by atoms with Crippen molar-refractivity contribution in [2.45, 2.75) is 15.9 Å². The minimum Gasteiger partial charge on any atom is -0.488 e. The second-order valence-electron chi connectivity index (χ2n) is 7.25. The number of hydrogen-bond acceptors (Lipinski definition) is 5. The average Bonchev–Trinajstić information content (AvgIpc) is 2.82. The molecule has 0 saturated heterocycles. The predicted octanol–water partition coefficient (Wildman–Crippen LogP) is 6.27. The highest BCUT2D eigenvalue weighted by Crippen LogP contribution is 2.38. The number of esters is 1. The maximum atomic E-state index is 11.7. The monoisotopic (exact) mass is 444 g/mol. The van der Waals surface area contributed by atoms with Gasteiger partial charge in [0.2, 0.25) is 0 Å². The Balaban J connectivity index is 1.72. The van der Waals surface area contributed by atoms with Gasteiger partial charge in [-0.2, -0.15) is 0 Å². The van der Waals surface area contributed by atoms with Crippen LogP contribution in [0.1, 0.15) is 0 Å². The second-order valence-corrected chi connectivity index (χ2v) is 8.40. The lowest BCUT2D eigenvalue weighted by Gasteiger charge is -2.19. The number of methoxy groups -OCH3 is 1. The summed E-state index contributed by atoms with van der Waals surface area (Å²) in [5, 5.41) is 4.19. The van der Waals surface area contributed by atoms with Crippen LogP contribution in [-0.2, 0) is 14.3 Å². The van der Waals surface area contributed by atoms with Gasteiger partial charge in [-0.15, -0.1) is 0 Å². The molecule has 0 radical (unpaired) electrons. The summed E-state index contributed by atoms with van der Waals surface area (Å²) in [6, 6.07) is 26.9. The number of carbonyl (C=O) groups is 1. The molecule has 0 heterocycles. The minimum atomic E-state index is -0.540. The van der Waals surface area contributed by atoms with Crippen molar-refractivity contribution in [1.29, 1.82) is 0 Å². The van der Waals surface area contributed by atoms with Gasteiger partial charge in [-0.25, -0.2) is 4.79 Å². The molecule has 0 saturated carbocycles. The molecule has 0 amide bonds. The van der Waals surface area contributed by atoms with Gasteiger partial charge in [0, 0.05) is 33.7 Å². The van der Waals surface area contributed by atoms with Gasteiger partial charge in [0.25, 0.3) is 0 Å². The molecule has 0 aliphatic heterocycles. The van der Waals surface area contributed by atoms with Gasteiger partial charge in [-0.1, -0.05) is 66.9 Å². The zero-order chi connectivity index (χ0) is 22.3. The molecule has 4 aromatic rings. The van der Waals surface area contributed by atoms with E-state index in [0.717, 1.165) is 38.3 Å². The van der Waals surface area contributed by atoms with Crippen LogP contribution in [0, 0.1) is 0 Å². The third-order valence-electron chi connectivity index (χ3n) is 4.98. The Morgan fingerprint density at radius 1 is 0.906 bits per heavy atom. The van der Waals surface area contributed by atoms with E-state index >= 15 is 0 Å². The Hall–Kier alpha value is -3.28.